The van der Waals surface area contributed by atoms with Crippen LogP contribution in [0.3, 0.4) is 0 Å². The van der Waals surface area contributed by atoms with E-state index in [4.69, 9.17) is 16.3 Å². The highest BCUT2D eigenvalue weighted by Gasteiger charge is 2.35. The third-order valence-corrected chi connectivity index (χ3v) is 9.70. The van der Waals surface area contributed by atoms with E-state index in [0.717, 1.165) is 19.9 Å². The molecule has 1 atom stereocenters. The number of anilines is 1. The number of nitrogens with one attached hydrogen (secondary N) is 1. The summed E-state index contributed by atoms with van der Waals surface area (Å²) in [5.74, 6) is -0.581. The fourth-order valence-corrected chi connectivity index (χ4v) is 6.94. The molecule has 4 aromatic rings. The fraction of sp³-hybridized carbons (Fsp3) is 0.257. The monoisotopic (exact) mass is 725 g/mol. The van der Waals surface area contributed by atoms with Gasteiger partial charge in [0.25, 0.3) is 10.0 Å². The Balaban J connectivity index is 1.83. The first-order valence-corrected chi connectivity index (χ1v) is 17.6. The largest absolute Gasteiger partial charge is 0.492 e. The van der Waals surface area contributed by atoms with Crippen LogP contribution in [0.5, 0.6) is 5.75 Å². The number of hydrogen-bond donors (Lipinski definition) is 1. The van der Waals surface area contributed by atoms with Crippen molar-refractivity contribution in [2.75, 3.05) is 24.0 Å². The van der Waals surface area contributed by atoms with Crippen LogP contribution in [0.15, 0.2) is 112 Å². The quantitative estimate of drug-likeness (QED) is 0.145. The van der Waals surface area contributed by atoms with Crippen molar-refractivity contribution in [3.05, 3.63) is 124 Å². The molecule has 0 fully saturated rings. The van der Waals surface area contributed by atoms with Crippen molar-refractivity contribution >= 4 is 55.1 Å². The standard InChI is InChI=1S/C35H37BrClN3O5S/c1-3-21-38-35(42)32(23-26-11-6-5-7-12-26)39(24-27-13-10-14-28(36)22-27)34(41)25-40(31-15-8-9-16-33(31)45-4-2)46(43,44)30-19-17-29(37)18-20-30/h5-20,22,32H,3-4,21,23-25H2,1-2H3,(H,38,42)/t32-/m0/s1. The molecular weight excluding hydrogens is 690 g/mol. The summed E-state index contributed by atoms with van der Waals surface area (Å²) in [5, 5.41) is 3.32. The molecule has 0 unspecified atom stereocenters. The summed E-state index contributed by atoms with van der Waals surface area (Å²) in [4.78, 5) is 29.8. The maximum absolute atomic E-state index is 14.6. The van der Waals surface area contributed by atoms with E-state index in [0.29, 0.717) is 23.7 Å². The summed E-state index contributed by atoms with van der Waals surface area (Å²) in [6, 6.07) is 28.4. The zero-order valence-corrected chi connectivity index (χ0v) is 28.9. The maximum atomic E-state index is 14.6. The van der Waals surface area contributed by atoms with Crippen molar-refractivity contribution in [3.8, 4) is 5.75 Å². The third-order valence-electron chi connectivity index (χ3n) is 7.18. The summed E-state index contributed by atoms with van der Waals surface area (Å²) in [6.07, 6.45) is 0.945. The fourth-order valence-electron chi connectivity index (χ4n) is 4.94. The number of nitrogens with zero attached hydrogens (tertiary/aromatic N) is 2. The molecule has 4 rings (SSSR count). The highest BCUT2D eigenvalue weighted by atomic mass is 79.9. The zero-order valence-electron chi connectivity index (χ0n) is 25.7. The minimum Gasteiger partial charge on any atom is -0.492 e. The van der Waals surface area contributed by atoms with E-state index in [9.17, 15) is 18.0 Å². The first-order chi connectivity index (χ1) is 22.1. The smallest absolute Gasteiger partial charge is 0.264 e. The van der Waals surface area contributed by atoms with Gasteiger partial charge in [0.2, 0.25) is 11.8 Å². The van der Waals surface area contributed by atoms with Crippen LogP contribution in [0.4, 0.5) is 5.69 Å². The minimum atomic E-state index is -4.30. The van der Waals surface area contributed by atoms with E-state index < -0.39 is 28.5 Å². The molecule has 2 amide bonds. The van der Waals surface area contributed by atoms with E-state index in [1.165, 1.54) is 29.2 Å². The second-order valence-corrected chi connectivity index (χ2v) is 13.7. The topological polar surface area (TPSA) is 96.0 Å². The molecule has 0 aliphatic carbocycles. The number of amides is 2. The van der Waals surface area contributed by atoms with Crippen molar-refractivity contribution < 1.29 is 22.7 Å². The molecule has 0 aliphatic heterocycles. The highest BCUT2D eigenvalue weighted by Crippen LogP contribution is 2.33. The Labute approximate surface area is 284 Å². The maximum Gasteiger partial charge on any atom is 0.264 e. The SMILES string of the molecule is CCCNC(=O)[C@H](Cc1ccccc1)N(Cc1cccc(Br)c1)C(=O)CN(c1ccccc1OCC)S(=O)(=O)c1ccc(Cl)cc1. The average molecular weight is 727 g/mol. The molecule has 1 N–H and O–H groups in total. The molecule has 0 bridgehead atoms. The van der Waals surface area contributed by atoms with Gasteiger partial charge in [0.05, 0.1) is 17.2 Å². The Kier molecular flexibility index (Phi) is 12.7. The molecule has 0 saturated heterocycles. The molecule has 11 heteroatoms. The van der Waals surface area contributed by atoms with Crippen LogP contribution < -0.4 is 14.4 Å². The molecule has 46 heavy (non-hydrogen) atoms. The van der Waals surface area contributed by atoms with Gasteiger partial charge in [-0.1, -0.05) is 89.1 Å². The summed E-state index contributed by atoms with van der Waals surface area (Å²) in [7, 11) is -4.30. The van der Waals surface area contributed by atoms with E-state index in [1.54, 1.807) is 31.2 Å². The van der Waals surface area contributed by atoms with Crippen LogP contribution in [0.2, 0.25) is 5.02 Å². The van der Waals surface area contributed by atoms with Crippen LogP contribution >= 0.6 is 27.5 Å². The van der Waals surface area contributed by atoms with Crippen LogP contribution in [0.1, 0.15) is 31.4 Å². The van der Waals surface area contributed by atoms with Gasteiger partial charge in [-0.3, -0.25) is 13.9 Å². The third kappa shape index (κ3) is 9.11. The first kappa shape index (κ1) is 35.0. The molecular formula is C35H37BrClN3O5S. The Bertz CT molecular complexity index is 1720. The van der Waals surface area contributed by atoms with Gasteiger partial charge < -0.3 is 15.0 Å². The van der Waals surface area contributed by atoms with Gasteiger partial charge in [0.15, 0.2) is 0 Å². The van der Waals surface area contributed by atoms with Crippen molar-refractivity contribution in [2.45, 2.75) is 44.2 Å². The van der Waals surface area contributed by atoms with Crippen molar-refractivity contribution in [2.24, 2.45) is 0 Å². The minimum absolute atomic E-state index is 0.0453. The molecule has 8 nitrogen and oxygen atoms in total. The van der Waals surface area contributed by atoms with Gasteiger partial charge in [-0.05, 0) is 73.0 Å². The van der Waals surface area contributed by atoms with Crippen LogP contribution in [0.25, 0.3) is 0 Å². The summed E-state index contributed by atoms with van der Waals surface area (Å²) < 4.78 is 36.2. The molecule has 0 heterocycles. The summed E-state index contributed by atoms with van der Waals surface area (Å²) in [5.41, 5.74) is 1.83. The lowest BCUT2D eigenvalue weighted by Gasteiger charge is -2.34. The molecule has 0 aromatic heterocycles. The number of sulfonamides is 1. The van der Waals surface area contributed by atoms with Gasteiger partial charge in [-0.15, -0.1) is 0 Å². The van der Waals surface area contributed by atoms with Gasteiger partial charge in [-0.2, -0.15) is 0 Å². The Morgan fingerprint density at radius 3 is 2.24 bits per heavy atom. The Hall–Kier alpha value is -3.86. The number of para-hydroxylation sites is 2. The van der Waals surface area contributed by atoms with Crippen molar-refractivity contribution in [1.29, 1.82) is 0 Å². The number of hydrogen-bond acceptors (Lipinski definition) is 5. The lowest BCUT2D eigenvalue weighted by atomic mass is 10.0. The second kappa shape index (κ2) is 16.6. The molecule has 4 aromatic carbocycles. The highest BCUT2D eigenvalue weighted by molar-refractivity contribution is 9.10. The number of benzene rings is 4. The Morgan fingerprint density at radius 1 is 0.891 bits per heavy atom. The van der Waals surface area contributed by atoms with Crippen LogP contribution in [-0.4, -0.2) is 50.9 Å². The number of ether oxygens (including phenoxy) is 1. The van der Waals surface area contributed by atoms with E-state index in [1.807, 2.05) is 61.5 Å². The van der Waals surface area contributed by atoms with Crippen LogP contribution in [-0.2, 0) is 32.6 Å². The lowest BCUT2D eigenvalue weighted by molar-refractivity contribution is -0.140. The van der Waals surface area contributed by atoms with E-state index >= 15 is 0 Å². The van der Waals surface area contributed by atoms with Gasteiger partial charge in [0.1, 0.15) is 18.3 Å². The number of carbonyl (C=O) groups is 2. The molecule has 242 valence electrons. The van der Waals surface area contributed by atoms with Crippen molar-refractivity contribution in [3.63, 3.8) is 0 Å². The summed E-state index contributed by atoms with van der Waals surface area (Å²) in [6.45, 7) is 3.94. The summed E-state index contributed by atoms with van der Waals surface area (Å²) >= 11 is 9.58. The zero-order chi connectivity index (χ0) is 33.1. The van der Waals surface area contributed by atoms with Gasteiger partial charge in [0, 0.05) is 29.0 Å². The van der Waals surface area contributed by atoms with Crippen molar-refractivity contribution in [1.82, 2.24) is 10.2 Å². The lowest BCUT2D eigenvalue weighted by Crippen LogP contribution is -2.53. The number of halogens is 2. The molecule has 0 aliphatic rings. The van der Waals surface area contributed by atoms with Gasteiger partial charge >= 0.3 is 0 Å². The molecule has 0 spiro atoms. The number of rotatable bonds is 15. The average Bonchev–Trinajstić information content (AvgIpc) is 3.05. The predicted octanol–water partition coefficient (Wildman–Crippen LogP) is 6.86. The first-order valence-electron chi connectivity index (χ1n) is 15.0. The van der Waals surface area contributed by atoms with E-state index in [2.05, 4.69) is 21.2 Å². The normalized spacial score (nSPS) is 11.8. The van der Waals surface area contributed by atoms with Crippen LogP contribution in [0, 0.1) is 0 Å². The second-order valence-electron chi connectivity index (χ2n) is 10.5. The molecule has 0 saturated carbocycles. The predicted molar refractivity (Wildman–Crippen MR) is 186 cm³/mol. The Morgan fingerprint density at radius 2 is 1.57 bits per heavy atom. The van der Waals surface area contributed by atoms with E-state index in [-0.39, 0.29) is 36.1 Å². The van der Waals surface area contributed by atoms with Gasteiger partial charge in [-0.25, -0.2) is 8.42 Å². The number of carbonyl (C=O) groups excluding carboxylic acids is 2. The molecule has 0 radical (unpaired) electrons.